The van der Waals surface area contributed by atoms with Gasteiger partial charge in [-0.3, -0.25) is 9.59 Å². The van der Waals surface area contributed by atoms with Gasteiger partial charge in [-0.25, -0.2) is 8.42 Å². The van der Waals surface area contributed by atoms with Crippen molar-refractivity contribution >= 4 is 39.1 Å². The fourth-order valence-corrected chi connectivity index (χ4v) is 3.42. The van der Waals surface area contributed by atoms with Crippen LogP contribution in [0.4, 0.5) is 5.82 Å². The highest BCUT2D eigenvalue weighted by atomic mass is 35.5. The molecule has 10 heteroatoms. The summed E-state index contributed by atoms with van der Waals surface area (Å²) in [5, 5.41) is 8.66. The largest absolute Gasteiger partial charge is 0.360 e. The second-order valence-electron chi connectivity index (χ2n) is 5.17. The van der Waals surface area contributed by atoms with Gasteiger partial charge >= 0.3 is 0 Å². The SMILES string of the molecule is Cc1cc(NC(=O)CNC(=O)CCS(=O)(=O)c2cccc(Cl)c2)no1. The van der Waals surface area contributed by atoms with Gasteiger partial charge in [0.2, 0.25) is 11.8 Å². The molecule has 1 aromatic carbocycles. The maximum absolute atomic E-state index is 12.1. The van der Waals surface area contributed by atoms with Crippen LogP contribution < -0.4 is 10.6 Å². The zero-order valence-corrected chi connectivity index (χ0v) is 14.9. The third-order valence-corrected chi connectivity index (χ3v) is 5.04. The van der Waals surface area contributed by atoms with E-state index in [1.165, 1.54) is 24.3 Å². The molecule has 0 spiro atoms. The minimum atomic E-state index is -3.63. The van der Waals surface area contributed by atoms with Crippen LogP contribution in [-0.2, 0) is 19.4 Å². The highest BCUT2D eigenvalue weighted by molar-refractivity contribution is 7.91. The predicted octanol–water partition coefficient (Wildman–Crippen LogP) is 1.56. The van der Waals surface area contributed by atoms with Crippen molar-refractivity contribution in [3.05, 3.63) is 41.1 Å². The van der Waals surface area contributed by atoms with E-state index in [2.05, 4.69) is 15.8 Å². The maximum atomic E-state index is 12.1. The summed E-state index contributed by atoms with van der Waals surface area (Å²) < 4.78 is 29.1. The number of anilines is 1. The minimum absolute atomic E-state index is 0.0481. The number of halogens is 1. The Bertz CT molecular complexity index is 879. The van der Waals surface area contributed by atoms with E-state index in [9.17, 15) is 18.0 Å². The number of hydrogen-bond acceptors (Lipinski definition) is 6. The lowest BCUT2D eigenvalue weighted by molar-refractivity contribution is -0.123. The number of benzene rings is 1. The molecule has 0 saturated heterocycles. The second kappa shape index (κ2) is 8.13. The van der Waals surface area contributed by atoms with Crippen LogP contribution in [0, 0.1) is 6.92 Å². The summed E-state index contributed by atoms with van der Waals surface area (Å²) >= 11 is 5.77. The molecule has 2 rings (SSSR count). The topological polar surface area (TPSA) is 118 Å². The molecule has 0 saturated carbocycles. The van der Waals surface area contributed by atoms with Crippen molar-refractivity contribution in [2.24, 2.45) is 0 Å². The quantitative estimate of drug-likeness (QED) is 0.746. The summed E-state index contributed by atoms with van der Waals surface area (Å²) in [6, 6.07) is 7.33. The van der Waals surface area contributed by atoms with Crippen molar-refractivity contribution in [3.63, 3.8) is 0 Å². The number of hydrogen-bond donors (Lipinski definition) is 2. The van der Waals surface area contributed by atoms with Gasteiger partial charge in [-0.05, 0) is 25.1 Å². The molecule has 1 heterocycles. The molecule has 2 aromatic rings. The normalized spacial score (nSPS) is 11.1. The van der Waals surface area contributed by atoms with Gasteiger partial charge < -0.3 is 15.2 Å². The van der Waals surface area contributed by atoms with Crippen LogP contribution in [0.25, 0.3) is 0 Å². The first-order valence-corrected chi connectivity index (χ1v) is 9.27. The third-order valence-electron chi connectivity index (χ3n) is 3.09. The molecule has 0 aliphatic rings. The Morgan fingerprint density at radius 1 is 1.24 bits per heavy atom. The van der Waals surface area contributed by atoms with E-state index < -0.39 is 21.7 Å². The van der Waals surface area contributed by atoms with E-state index >= 15 is 0 Å². The van der Waals surface area contributed by atoms with Crippen molar-refractivity contribution < 1.29 is 22.5 Å². The lowest BCUT2D eigenvalue weighted by Crippen LogP contribution is -2.33. The molecule has 0 atom stereocenters. The molecule has 0 unspecified atom stereocenters. The standard InChI is InChI=1S/C15H16ClN3O5S/c1-10-7-13(19-24-10)18-15(21)9-17-14(20)5-6-25(22,23)12-4-2-3-11(16)8-12/h2-4,7-8H,5-6,9H2,1H3,(H,17,20)(H,18,19,21). The van der Waals surface area contributed by atoms with Gasteiger partial charge in [-0.2, -0.15) is 0 Å². The molecule has 8 nitrogen and oxygen atoms in total. The van der Waals surface area contributed by atoms with Gasteiger partial charge in [-0.15, -0.1) is 0 Å². The number of carbonyl (C=O) groups is 2. The highest BCUT2D eigenvalue weighted by Gasteiger charge is 2.17. The molecular formula is C15H16ClN3O5S. The molecule has 134 valence electrons. The zero-order valence-electron chi connectivity index (χ0n) is 13.3. The van der Waals surface area contributed by atoms with Crippen molar-refractivity contribution in [2.75, 3.05) is 17.6 Å². The number of nitrogens with one attached hydrogen (secondary N) is 2. The number of aromatic nitrogens is 1. The van der Waals surface area contributed by atoms with Gasteiger partial charge in [0.1, 0.15) is 5.76 Å². The number of carbonyl (C=O) groups excluding carboxylic acids is 2. The predicted molar refractivity (Wildman–Crippen MR) is 91.0 cm³/mol. The van der Waals surface area contributed by atoms with E-state index in [4.69, 9.17) is 16.1 Å². The van der Waals surface area contributed by atoms with Crippen molar-refractivity contribution in [1.82, 2.24) is 10.5 Å². The number of sulfone groups is 1. The molecular weight excluding hydrogens is 370 g/mol. The fraction of sp³-hybridized carbons (Fsp3) is 0.267. The molecule has 0 bridgehead atoms. The van der Waals surface area contributed by atoms with Gasteiger partial charge in [-0.1, -0.05) is 22.8 Å². The summed E-state index contributed by atoms with van der Waals surface area (Å²) in [7, 11) is -3.63. The van der Waals surface area contributed by atoms with E-state index in [1.54, 1.807) is 13.0 Å². The lowest BCUT2D eigenvalue weighted by atomic mass is 10.4. The molecule has 25 heavy (non-hydrogen) atoms. The first-order valence-electron chi connectivity index (χ1n) is 7.24. The fourth-order valence-electron chi connectivity index (χ4n) is 1.88. The number of aryl methyl sites for hydroxylation is 1. The number of rotatable bonds is 7. The number of nitrogens with zero attached hydrogens (tertiary/aromatic N) is 1. The van der Waals surface area contributed by atoms with E-state index in [0.29, 0.717) is 10.8 Å². The summed E-state index contributed by atoms with van der Waals surface area (Å²) in [5.41, 5.74) is 0. The Labute approximate surface area is 149 Å². The average molecular weight is 386 g/mol. The Kier molecular flexibility index (Phi) is 6.16. The van der Waals surface area contributed by atoms with Crippen molar-refractivity contribution in [1.29, 1.82) is 0 Å². The van der Waals surface area contributed by atoms with Crippen LogP contribution in [0.1, 0.15) is 12.2 Å². The van der Waals surface area contributed by atoms with Gasteiger partial charge in [0.15, 0.2) is 15.7 Å². The van der Waals surface area contributed by atoms with E-state index in [0.717, 1.165) is 0 Å². The Morgan fingerprint density at radius 2 is 2.00 bits per heavy atom. The second-order valence-corrected chi connectivity index (χ2v) is 7.72. The Hall–Kier alpha value is -2.39. The molecule has 2 amide bonds. The average Bonchev–Trinajstić information content (AvgIpc) is 2.96. The molecule has 0 radical (unpaired) electrons. The molecule has 2 N–H and O–H groups in total. The highest BCUT2D eigenvalue weighted by Crippen LogP contribution is 2.17. The molecule has 0 aliphatic carbocycles. The first-order chi connectivity index (χ1) is 11.8. The molecule has 1 aromatic heterocycles. The van der Waals surface area contributed by atoms with Crippen LogP contribution in [0.3, 0.4) is 0 Å². The summed E-state index contributed by atoms with van der Waals surface area (Å²) in [6.07, 6.45) is -0.273. The summed E-state index contributed by atoms with van der Waals surface area (Å²) in [6.45, 7) is 1.37. The van der Waals surface area contributed by atoms with Gasteiger partial charge in [0.05, 0.1) is 17.2 Å². The zero-order chi connectivity index (χ0) is 18.4. The van der Waals surface area contributed by atoms with Crippen molar-refractivity contribution in [2.45, 2.75) is 18.2 Å². The third kappa shape index (κ3) is 5.87. The summed E-state index contributed by atoms with van der Waals surface area (Å²) in [4.78, 5) is 23.4. The Balaban J connectivity index is 1.79. The van der Waals surface area contributed by atoms with E-state index in [1.807, 2.05) is 0 Å². The van der Waals surface area contributed by atoms with Crippen LogP contribution in [0.2, 0.25) is 5.02 Å². The van der Waals surface area contributed by atoms with Gasteiger partial charge in [0.25, 0.3) is 0 Å². The maximum Gasteiger partial charge on any atom is 0.245 e. The monoisotopic (exact) mass is 385 g/mol. The molecule has 0 fully saturated rings. The van der Waals surface area contributed by atoms with Crippen LogP contribution in [0.15, 0.2) is 39.8 Å². The van der Waals surface area contributed by atoms with Gasteiger partial charge in [0, 0.05) is 17.5 Å². The van der Waals surface area contributed by atoms with Crippen molar-refractivity contribution in [3.8, 4) is 0 Å². The van der Waals surface area contributed by atoms with Crippen LogP contribution in [-0.4, -0.2) is 37.7 Å². The molecule has 0 aliphatic heterocycles. The minimum Gasteiger partial charge on any atom is -0.360 e. The smallest absolute Gasteiger partial charge is 0.245 e. The van der Waals surface area contributed by atoms with Crippen LogP contribution >= 0.6 is 11.6 Å². The lowest BCUT2D eigenvalue weighted by Gasteiger charge is -2.06. The summed E-state index contributed by atoms with van der Waals surface area (Å²) in [5.74, 6) is -0.675. The number of amides is 2. The first kappa shape index (κ1) is 18.9. The Morgan fingerprint density at radius 3 is 2.64 bits per heavy atom. The van der Waals surface area contributed by atoms with E-state index in [-0.39, 0.29) is 29.4 Å². The van der Waals surface area contributed by atoms with Crippen LogP contribution in [0.5, 0.6) is 0 Å².